The number of methoxy groups -OCH3 is 1. The molecule has 0 atom stereocenters. The molecular weight excluding hydrogens is 337 g/mol. The van der Waals surface area contributed by atoms with Crippen molar-refractivity contribution in [3.8, 4) is 0 Å². The van der Waals surface area contributed by atoms with Gasteiger partial charge in [0, 0.05) is 37.4 Å². The standard InChI is InChI=1S/C15H19BrFN3O/c1-11-19-9-15(8-18-3-4-21-2)20(11)10-12-5-13(16)7-14(17)6-12/h5-7,9,18H,3-4,8,10H2,1-2H3. The zero-order valence-corrected chi connectivity index (χ0v) is 13.8. The SMILES string of the molecule is COCCNCc1cnc(C)n1Cc1cc(F)cc(Br)c1. The largest absolute Gasteiger partial charge is 0.383 e. The first-order chi connectivity index (χ1) is 10.1. The lowest BCUT2D eigenvalue weighted by atomic mass is 10.2. The maximum absolute atomic E-state index is 13.5. The van der Waals surface area contributed by atoms with E-state index in [1.165, 1.54) is 6.07 Å². The molecule has 0 radical (unpaired) electrons. The third-order valence-corrected chi connectivity index (χ3v) is 3.65. The highest BCUT2D eigenvalue weighted by Gasteiger charge is 2.08. The summed E-state index contributed by atoms with van der Waals surface area (Å²) in [4.78, 5) is 4.34. The number of nitrogens with zero attached hydrogens (tertiary/aromatic N) is 2. The predicted octanol–water partition coefficient (Wildman–Crippen LogP) is 2.88. The molecule has 0 saturated carbocycles. The van der Waals surface area contributed by atoms with Gasteiger partial charge in [0.25, 0.3) is 0 Å². The van der Waals surface area contributed by atoms with Crippen molar-refractivity contribution in [2.24, 2.45) is 0 Å². The second-order valence-electron chi connectivity index (χ2n) is 4.83. The van der Waals surface area contributed by atoms with E-state index in [0.29, 0.717) is 19.7 Å². The van der Waals surface area contributed by atoms with Crippen LogP contribution in [0.3, 0.4) is 0 Å². The molecule has 2 rings (SSSR count). The number of aromatic nitrogens is 2. The topological polar surface area (TPSA) is 39.1 Å². The smallest absolute Gasteiger partial charge is 0.124 e. The molecule has 0 spiro atoms. The lowest BCUT2D eigenvalue weighted by Gasteiger charge is -2.12. The van der Waals surface area contributed by atoms with Crippen LogP contribution in [0, 0.1) is 12.7 Å². The third-order valence-electron chi connectivity index (χ3n) is 3.19. The summed E-state index contributed by atoms with van der Waals surface area (Å²) >= 11 is 3.32. The van der Waals surface area contributed by atoms with Crippen LogP contribution in [0.25, 0.3) is 0 Å². The van der Waals surface area contributed by atoms with Crippen molar-refractivity contribution in [1.29, 1.82) is 0 Å². The number of nitrogens with one attached hydrogen (secondary N) is 1. The van der Waals surface area contributed by atoms with Gasteiger partial charge in [0.2, 0.25) is 0 Å². The summed E-state index contributed by atoms with van der Waals surface area (Å²) < 4.78 is 21.3. The van der Waals surface area contributed by atoms with E-state index in [1.54, 1.807) is 13.2 Å². The fourth-order valence-corrected chi connectivity index (χ4v) is 2.66. The highest BCUT2D eigenvalue weighted by Crippen LogP contribution is 2.17. The highest BCUT2D eigenvalue weighted by molar-refractivity contribution is 9.10. The monoisotopic (exact) mass is 355 g/mol. The van der Waals surface area contributed by atoms with E-state index >= 15 is 0 Å². The molecule has 0 aliphatic rings. The average molecular weight is 356 g/mol. The number of aryl methyl sites for hydroxylation is 1. The fourth-order valence-electron chi connectivity index (χ4n) is 2.15. The van der Waals surface area contributed by atoms with Crippen LogP contribution in [0.1, 0.15) is 17.1 Å². The molecule has 114 valence electrons. The molecule has 1 aromatic carbocycles. The van der Waals surface area contributed by atoms with E-state index in [2.05, 4.69) is 30.8 Å². The Morgan fingerprint density at radius 1 is 1.38 bits per heavy atom. The van der Waals surface area contributed by atoms with Gasteiger partial charge >= 0.3 is 0 Å². The van der Waals surface area contributed by atoms with Gasteiger partial charge in [0.05, 0.1) is 12.3 Å². The number of imidazole rings is 1. The maximum atomic E-state index is 13.5. The van der Waals surface area contributed by atoms with Crippen molar-refractivity contribution >= 4 is 15.9 Å². The van der Waals surface area contributed by atoms with Gasteiger partial charge in [0.1, 0.15) is 11.6 Å². The van der Waals surface area contributed by atoms with E-state index < -0.39 is 0 Å². The first-order valence-electron chi connectivity index (χ1n) is 6.76. The Kier molecular flexibility index (Phi) is 5.90. The number of rotatable bonds is 7. The molecule has 1 heterocycles. The van der Waals surface area contributed by atoms with E-state index in [1.807, 2.05) is 19.2 Å². The lowest BCUT2D eigenvalue weighted by Crippen LogP contribution is -2.21. The molecule has 0 fully saturated rings. The lowest BCUT2D eigenvalue weighted by molar-refractivity contribution is 0.199. The van der Waals surface area contributed by atoms with Crippen LogP contribution in [-0.2, 0) is 17.8 Å². The molecule has 2 aromatic rings. The molecule has 0 amide bonds. The van der Waals surface area contributed by atoms with E-state index in [4.69, 9.17) is 4.74 Å². The molecule has 1 N–H and O–H groups in total. The van der Waals surface area contributed by atoms with Gasteiger partial charge in [-0.15, -0.1) is 0 Å². The normalized spacial score (nSPS) is 11.0. The second-order valence-corrected chi connectivity index (χ2v) is 5.75. The minimum Gasteiger partial charge on any atom is -0.383 e. The van der Waals surface area contributed by atoms with Crippen LogP contribution in [0.2, 0.25) is 0 Å². The quantitative estimate of drug-likeness (QED) is 0.776. The van der Waals surface area contributed by atoms with Crippen LogP contribution in [0.5, 0.6) is 0 Å². The zero-order valence-electron chi connectivity index (χ0n) is 12.2. The van der Waals surface area contributed by atoms with Crippen molar-refractivity contribution in [2.75, 3.05) is 20.3 Å². The first-order valence-corrected chi connectivity index (χ1v) is 7.55. The summed E-state index contributed by atoms with van der Waals surface area (Å²) in [5, 5.41) is 3.30. The fraction of sp³-hybridized carbons (Fsp3) is 0.400. The van der Waals surface area contributed by atoms with Gasteiger partial charge in [-0.05, 0) is 30.7 Å². The van der Waals surface area contributed by atoms with Gasteiger partial charge < -0.3 is 14.6 Å². The summed E-state index contributed by atoms with van der Waals surface area (Å²) in [5.74, 6) is 0.677. The van der Waals surface area contributed by atoms with Crippen LogP contribution < -0.4 is 5.32 Å². The minimum atomic E-state index is -0.239. The van der Waals surface area contributed by atoms with Gasteiger partial charge in [-0.25, -0.2) is 9.37 Å². The summed E-state index contributed by atoms with van der Waals surface area (Å²) in [7, 11) is 1.68. The van der Waals surface area contributed by atoms with Crippen molar-refractivity contribution in [3.63, 3.8) is 0 Å². The average Bonchev–Trinajstić information content (AvgIpc) is 2.75. The van der Waals surface area contributed by atoms with Crippen LogP contribution in [0.15, 0.2) is 28.9 Å². The van der Waals surface area contributed by atoms with Gasteiger partial charge in [-0.3, -0.25) is 0 Å². The van der Waals surface area contributed by atoms with Crippen molar-refractivity contribution in [2.45, 2.75) is 20.0 Å². The number of ether oxygens (including phenoxy) is 1. The van der Waals surface area contributed by atoms with Gasteiger partial charge in [0.15, 0.2) is 0 Å². The second kappa shape index (κ2) is 7.68. The van der Waals surface area contributed by atoms with Crippen LogP contribution in [-0.4, -0.2) is 29.8 Å². The Bertz CT molecular complexity index is 580. The first kappa shape index (κ1) is 16.1. The van der Waals surface area contributed by atoms with Gasteiger partial charge in [-0.1, -0.05) is 15.9 Å². The molecule has 0 saturated heterocycles. The van der Waals surface area contributed by atoms with Crippen LogP contribution in [0.4, 0.5) is 4.39 Å². The molecule has 0 bridgehead atoms. The number of benzene rings is 1. The van der Waals surface area contributed by atoms with Crippen molar-refractivity contribution in [1.82, 2.24) is 14.9 Å². The summed E-state index contributed by atoms with van der Waals surface area (Å²) in [6, 6.07) is 4.93. The number of hydrogen-bond donors (Lipinski definition) is 1. The Hall–Kier alpha value is -1.24. The Labute approximate surface area is 132 Å². The highest BCUT2D eigenvalue weighted by atomic mass is 79.9. The van der Waals surface area contributed by atoms with Crippen molar-refractivity contribution in [3.05, 3.63) is 51.8 Å². The maximum Gasteiger partial charge on any atom is 0.124 e. The Balaban J connectivity index is 2.10. The molecule has 1 aromatic heterocycles. The molecule has 6 heteroatoms. The van der Waals surface area contributed by atoms with Crippen LogP contribution >= 0.6 is 15.9 Å². The van der Waals surface area contributed by atoms with Crippen molar-refractivity contribution < 1.29 is 9.13 Å². The number of halogens is 2. The van der Waals surface area contributed by atoms with Gasteiger partial charge in [-0.2, -0.15) is 0 Å². The molecule has 4 nitrogen and oxygen atoms in total. The molecular formula is C15H19BrFN3O. The Morgan fingerprint density at radius 2 is 2.19 bits per heavy atom. The summed E-state index contributed by atoms with van der Waals surface area (Å²) in [6.45, 7) is 4.72. The van der Waals surface area contributed by atoms with E-state index in [-0.39, 0.29) is 5.82 Å². The molecule has 0 aliphatic heterocycles. The molecule has 21 heavy (non-hydrogen) atoms. The molecule has 0 aliphatic carbocycles. The molecule has 0 unspecified atom stereocenters. The number of hydrogen-bond acceptors (Lipinski definition) is 3. The Morgan fingerprint density at radius 3 is 2.90 bits per heavy atom. The minimum absolute atomic E-state index is 0.239. The third kappa shape index (κ3) is 4.62. The van der Waals surface area contributed by atoms with E-state index in [0.717, 1.165) is 28.1 Å². The predicted molar refractivity (Wildman–Crippen MR) is 83.7 cm³/mol. The van der Waals surface area contributed by atoms with E-state index in [9.17, 15) is 4.39 Å². The zero-order chi connectivity index (χ0) is 15.2. The summed E-state index contributed by atoms with van der Waals surface area (Å²) in [5.41, 5.74) is 1.98. The summed E-state index contributed by atoms with van der Waals surface area (Å²) in [6.07, 6.45) is 1.85.